The molecule has 1 aliphatic carbocycles. The minimum Gasteiger partial charge on any atom is -0.396 e. The number of aryl methyl sites for hydroxylation is 1. The second kappa shape index (κ2) is 7.59. The molecule has 126 valence electrons. The van der Waals surface area contributed by atoms with Crippen molar-refractivity contribution in [2.24, 2.45) is 0 Å². The molecule has 6 heteroatoms. The van der Waals surface area contributed by atoms with Crippen LogP contribution in [0.2, 0.25) is 0 Å². The topological polar surface area (TPSA) is 69.6 Å². The summed E-state index contributed by atoms with van der Waals surface area (Å²) in [5, 5.41) is 15.4. The van der Waals surface area contributed by atoms with Crippen molar-refractivity contribution in [3.05, 3.63) is 52.2 Å². The van der Waals surface area contributed by atoms with E-state index in [-0.39, 0.29) is 12.6 Å². The molecule has 0 unspecified atom stereocenters. The molecular weight excluding hydrogens is 324 g/mol. The molecule has 2 N–H and O–H groups in total. The van der Waals surface area contributed by atoms with Gasteiger partial charge in [-0.1, -0.05) is 24.3 Å². The zero-order chi connectivity index (χ0) is 16.9. The highest BCUT2D eigenvalue weighted by molar-refractivity contribution is 7.08. The Balaban J connectivity index is 1.79. The molecule has 1 aliphatic rings. The van der Waals surface area contributed by atoms with Gasteiger partial charge in [-0.15, -0.1) is 0 Å². The van der Waals surface area contributed by atoms with Crippen molar-refractivity contribution in [2.75, 3.05) is 18.5 Å². The fourth-order valence-electron chi connectivity index (χ4n) is 3.15. The molecule has 2 amide bonds. The number of amides is 2. The van der Waals surface area contributed by atoms with Gasteiger partial charge in [0, 0.05) is 18.5 Å². The lowest BCUT2D eigenvalue weighted by Gasteiger charge is -2.29. The van der Waals surface area contributed by atoms with E-state index in [0.29, 0.717) is 18.7 Å². The number of fused-ring (bicyclic) bond motifs is 1. The summed E-state index contributed by atoms with van der Waals surface area (Å²) in [6.07, 6.45) is 2.16. The minimum absolute atomic E-state index is 0.00963. The van der Waals surface area contributed by atoms with E-state index >= 15 is 0 Å². The number of carbonyl (C=O) groups excluding carboxylic acids is 2. The van der Waals surface area contributed by atoms with Crippen molar-refractivity contribution in [2.45, 2.75) is 25.3 Å². The van der Waals surface area contributed by atoms with Gasteiger partial charge < -0.3 is 15.3 Å². The molecule has 24 heavy (non-hydrogen) atoms. The SMILES string of the molecule is O=C(Nc1ccsc1)C(=O)N(CCCO)[C@H]1CCc2ccccc21. The van der Waals surface area contributed by atoms with E-state index in [0.717, 1.165) is 18.4 Å². The maximum Gasteiger partial charge on any atom is 0.313 e. The van der Waals surface area contributed by atoms with Crippen molar-refractivity contribution in [1.29, 1.82) is 0 Å². The van der Waals surface area contributed by atoms with Crippen LogP contribution in [0, 0.1) is 0 Å². The van der Waals surface area contributed by atoms with Crippen molar-refractivity contribution in [3.8, 4) is 0 Å². The van der Waals surface area contributed by atoms with Crippen molar-refractivity contribution >= 4 is 28.8 Å². The quantitative estimate of drug-likeness (QED) is 0.819. The van der Waals surface area contributed by atoms with Gasteiger partial charge in [0.15, 0.2) is 0 Å². The fourth-order valence-corrected chi connectivity index (χ4v) is 3.74. The van der Waals surface area contributed by atoms with Gasteiger partial charge in [-0.2, -0.15) is 11.3 Å². The molecule has 0 aliphatic heterocycles. The summed E-state index contributed by atoms with van der Waals surface area (Å²) in [5.74, 6) is -1.17. The number of nitrogens with zero attached hydrogens (tertiary/aromatic N) is 1. The van der Waals surface area contributed by atoms with Gasteiger partial charge in [0.2, 0.25) is 0 Å². The lowest BCUT2D eigenvalue weighted by Crippen LogP contribution is -2.42. The molecule has 0 saturated heterocycles. The van der Waals surface area contributed by atoms with Crippen LogP contribution in [-0.2, 0) is 16.0 Å². The van der Waals surface area contributed by atoms with Crippen LogP contribution in [0.25, 0.3) is 0 Å². The Morgan fingerprint density at radius 1 is 1.29 bits per heavy atom. The van der Waals surface area contributed by atoms with Gasteiger partial charge in [-0.3, -0.25) is 9.59 Å². The summed E-state index contributed by atoms with van der Waals surface area (Å²) in [6, 6.07) is 9.69. The number of nitrogens with one attached hydrogen (secondary N) is 1. The number of hydrogen-bond acceptors (Lipinski definition) is 4. The number of anilines is 1. The normalized spacial score (nSPS) is 15.8. The van der Waals surface area contributed by atoms with Gasteiger partial charge in [-0.25, -0.2) is 0 Å². The highest BCUT2D eigenvalue weighted by Gasteiger charge is 2.33. The third kappa shape index (κ3) is 3.49. The maximum absolute atomic E-state index is 12.7. The summed E-state index contributed by atoms with van der Waals surface area (Å²) < 4.78 is 0. The van der Waals surface area contributed by atoms with Crippen LogP contribution >= 0.6 is 11.3 Å². The average Bonchev–Trinajstić information content (AvgIpc) is 3.25. The average molecular weight is 344 g/mol. The van der Waals surface area contributed by atoms with Crippen LogP contribution in [0.1, 0.15) is 30.0 Å². The van der Waals surface area contributed by atoms with Gasteiger partial charge in [0.25, 0.3) is 0 Å². The number of aliphatic hydroxyl groups excluding tert-OH is 1. The van der Waals surface area contributed by atoms with Crippen LogP contribution < -0.4 is 5.32 Å². The first-order valence-electron chi connectivity index (χ1n) is 8.03. The van der Waals surface area contributed by atoms with E-state index in [1.165, 1.54) is 16.9 Å². The molecule has 1 aromatic carbocycles. The predicted octanol–water partition coefficient (Wildman–Crippen LogP) is 2.59. The highest BCUT2D eigenvalue weighted by Crippen LogP contribution is 2.35. The molecule has 0 saturated carbocycles. The van der Waals surface area contributed by atoms with Crippen molar-refractivity contribution in [3.63, 3.8) is 0 Å². The van der Waals surface area contributed by atoms with Crippen LogP contribution in [-0.4, -0.2) is 35.0 Å². The van der Waals surface area contributed by atoms with Crippen LogP contribution in [0.3, 0.4) is 0 Å². The molecule has 1 heterocycles. The number of thiophene rings is 1. The Morgan fingerprint density at radius 2 is 2.12 bits per heavy atom. The summed E-state index contributed by atoms with van der Waals surface area (Å²) in [5.41, 5.74) is 2.96. The lowest BCUT2D eigenvalue weighted by molar-refractivity contribution is -0.145. The first-order valence-corrected chi connectivity index (χ1v) is 8.98. The molecule has 0 radical (unpaired) electrons. The van der Waals surface area contributed by atoms with Gasteiger partial charge in [0.05, 0.1) is 11.7 Å². The molecule has 5 nitrogen and oxygen atoms in total. The van der Waals surface area contributed by atoms with E-state index in [4.69, 9.17) is 5.11 Å². The largest absolute Gasteiger partial charge is 0.396 e. The molecule has 3 rings (SSSR count). The van der Waals surface area contributed by atoms with E-state index in [1.54, 1.807) is 16.3 Å². The van der Waals surface area contributed by atoms with E-state index < -0.39 is 11.8 Å². The first kappa shape index (κ1) is 16.7. The number of rotatable bonds is 5. The smallest absolute Gasteiger partial charge is 0.313 e. The summed E-state index contributed by atoms with van der Waals surface area (Å²) in [4.78, 5) is 26.6. The molecule has 0 bridgehead atoms. The molecule has 0 spiro atoms. The summed E-state index contributed by atoms with van der Waals surface area (Å²) in [7, 11) is 0. The lowest BCUT2D eigenvalue weighted by atomic mass is 10.1. The highest BCUT2D eigenvalue weighted by atomic mass is 32.1. The van der Waals surface area contributed by atoms with E-state index in [1.807, 2.05) is 23.6 Å². The molecule has 1 aromatic heterocycles. The molecule has 2 aromatic rings. The zero-order valence-electron chi connectivity index (χ0n) is 13.3. The van der Waals surface area contributed by atoms with Crippen molar-refractivity contribution in [1.82, 2.24) is 4.90 Å². The second-order valence-electron chi connectivity index (χ2n) is 5.80. The van der Waals surface area contributed by atoms with Crippen LogP contribution in [0.5, 0.6) is 0 Å². The first-order chi connectivity index (χ1) is 11.7. The third-order valence-electron chi connectivity index (χ3n) is 4.27. The fraction of sp³-hybridized carbons (Fsp3) is 0.333. The predicted molar refractivity (Wildman–Crippen MR) is 93.9 cm³/mol. The van der Waals surface area contributed by atoms with Gasteiger partial charge >= 0.3 is 11.8 Å². The van der Waals surface area contributed by atoms with Gasteiger partial charge in [-0.05, 0) is 41.8 Å². The van der Waals surface area contributed by atoms with Crippen LogP contribution in [0.4, 0.5) is 5.69 Å². The third-order valence-corrected chi connectivity index (χ3v) is 4.95. The standard InChI is InChI=1S/C18H20N2O3S/c21-10-3-9-20(16-7-6-13-4-1-2-5-15(13)16)18(23)17(22)19-14-8-11-24-12-14/h1-2,4-5,8,11-12,16,21H,3,6-7,9-10H2,(H,19,22)/t16-/m0/s1. The van der Waals surface area contributed by atoms with E-state index in [2.05, 4.69) is 11.4 Å². The Kier molecular flexibility index (Phi) is 5.27. The second-order valence-corrected chi connectivity index (χ2v) is 6.58. The minimum atomic E-state index is -0.629. The molecule has 0 fully saturated rings. The number of benzene rings is 1. The summed E-state index contributed by atoms with van der Waals surface area (Å²) in [6.45, 7) is 0.357. The number of hydrogen-bond donors (Lipinski definition) is 2. The van der Waals surface area contributed by atoms with Crippen molar-refractivity contribution < 1.29 is 14.7 Å². The molecule has 1 atom stereocenters. The zero-order valence-corrected chi connectivity index (χ0v) is 14.1. The number of carbonyl (C=O) groups is 2. The Hall–Kier alpha value is -2.18. The maximum atomic E-state index is 12.7. The molecular formula is C18H20N2O3S. The van der Waals surface area contributed by atoms with E-state index in [9.17, 15) is 9.59 Å². The Bertz CT molecular complexity index is 715. The van der Waals surface area contributed by atoms with Gasteiger partial charge in [0.1, 0.15) is 0 Å². The Labute approximate surface area is 144 Å². The Morgan fingerprint density at radius 3 is 2.88 bits per heavy atom. The van der Waals surface area contributed by atoms with Crippen LogP contribution in [0.15, 0.2) is 41.1 Å². The summed E-state index contributed by atoms with van der Waals surface area (Å²) >= 11 is 1.46. The number of aliphatic hydroxyl groups is 1. The monoisotopic (exact) mass is 344 g/mol.